The number of carbonyl (C=O) groups is 1. The molecule has 0 atom stereocenters. The van der Waals surface area contributed by atoms with E-state index >= 15 is 0 Å². The van der Waals surface area contributed by atoms with E-state index in [2.05, 4.69) is 16.3 Å². The Kier molecular flexibility index (Phi) is 2.23. The van der Waals surface area contributed by atoms with Crippen LogP contribution in [0.15, 0.2) is 11.4 Å². The molecule has 12 heavy (non-hydrogen) atoms. The largest absolute Gasteiger partial charge is 0.302 e. The molecule has 2 nitrogen and oxygen atoms in total. The average Bonchev–Trinajstić information content (AvgIpc) is 2.51. The molecule has 1 aliphatic rings. The van der Waals surface area contributed by atoms with E-state index in [0.29, 0.717) is 6.54 Å². The summed E-state index contributed by atoms with van der Waals surface area (Å²) in [7, 11) is 0. The minimum absolute atomic E-state index is 0.579. The van der Waals surface area contributed by atoms with Crippen molar-refractivity contribution >= 4 is 17.6 Å². The Hall–Kier alpha value is -0.670. The molecule has 2 rings (SSSR count). The van der Waals surface area contributed by atoms with E-state index in [4.69, 9.17) is 0 Å². The van der Waals surface area contributed by atoms with Crippen molar-refractivity contribution < 1.29 is 4.79 Å². The molecule has 1 aromatic heterocycles. The summed E-state index contributed by atoms with van der Waals surface area (Å²) in [5.74, 6) is 0. The van der Waals surface area contributed by atoms with E-state index in [1.54, 1.807) is 0 Å². The van der Waals surface area contributed by atoms with Gasteiger partial charge in [-0.15, -0.1) is 11.3 Å². The summed E-state index contributed by atoms with van der Waals surface area (Å²) in [6, 6.07) is 2.16. The predicted octanol–water partition coefficient (Wildman–Crippen LogP) is 1.31. The lowest BCUT2D eigenvalue weighted by molar-refractivity contribution is -0.109. The second kappa shape index (κ2) is 3.37. The Bertz CT molecular complexity index is 282. The van der Waals surface area contributed by atoms with Crippen LogP contribution in [0.4, 0.5) is 0 Å². The Balaban J connectivity index is 2.09. The summed E-state index contributed by atoms with van der Waals surface area (Å²) >= 11 is 1.83. The highest BCUT2D eigenvalue weighted by Gasteiger charge is 2.15. The maximum absolute atomic E-state index is 10.3. The van der Waals surface area contributed by atoms with Gasteiger partial charge in [0.2, 0.25) is 0 Å². The summed E-state index contributed by atoms with van der Waals surface area (Å²) in [6.45, 7) is 2.57. The van der Waals surface area contributed by atoms with Crippen molar-refractivity contribution in [3.05, 3.63) is 21.9 Å². The average molecular weight is 181 g/mol. The van der Waals surface area contributed by atoms with Gasteiger partial charge in [0.25, 0.3) is 0 Å². The molecule has 0 saturated carbocycles. The van der Waals surface area contributed by atoms with Gasteiger partial charge >= 0.3 is 0 Å². The molecular formula is C9H11NOS. The minimum Gasteiger partial charge on any atom is -0.302 e. The van der Waals surface area contributed by atoms with Gasteiger partial charge in [-0.1, -0.05) is 0 Å². The fraction of sp³-hybridized carbons (Fsp3) is 0.444. The molecule has 64 valence electrons. The molecule has 0 unspecified atom stereocenters. The zero-order chi connectivity index (χ0) is 8.39. The van der Waals surface area contributed by atoms with Crippen molar-refractivity contribution in [3.63, 3.8) is 0 Å². The Morgan fingerprint density at radius 2 is 2.58 bits per heavy atom. The number of hydrogen-bond donors (Lipinski definition) is 0. The molecule has 0 aromatic carbocycles. The summed E-state index contributed by atoms with van der Waals surface area (Å²) in [6.07, 6.45) is 2.10. The van der Waals surface area contributed by atoms with Gasteiger partial charge in [0.1, 0.15) is 6.29 Å². The van der Waals surface area contributed by atoms with Gasteiger partial charge in [-0.3, -0.25) is 4.90 Å². The first kappa shape index (κ1) is 7.95. The molecule has 0 radical (unpaired) electrons. The standard InChI is InChI=1S/C9H11NOS/c11-5-4-10-3-1-9-8(7-10)2-6-12-9/h2,5-6H,1,3-4,7H2. The normalized spacial score (nSPS) is 17.3. The van der Waals surface area contributed by atoms with Gasteiger partial charge in [-0.25, -0.2) is 0 Å². The summed E-state index contributed by atoms with van der Waals surface area (Å²) in [4.78, 5) is 14.0. The van der Waals surface area contributed by atoms with Crippen LogP contribution in [0.3, 0.4) is 0 Å². The number of hydrogen-bond acceptors (Lipinski definition) is 3. The molecule has 0 spiro atoms. The predicted molar refractivity (Wildman–Crippen MR) is 49.4 cm³/mol. The molecule has 0 amide bonds. The Morgan fingerprint density at radius 3 is 3.42 bits per heavy atom. The van der Waals surface area contributed by atoms with E-state index in [1.807, 2.05) is 11.3 Å². The van der Waals surface area contributed by atoms with E-state index < -0.39 is 0 Å². The Morgan fingerprint density at radius 1 is 1.67 bits per heavy atom. The Labute approximate surface area is 75.8 Å². The summed E-state index contributed by atoms with van der Waals surface area (Å²) in [5.41, 5.74) is 1.41. The lowest BCUT2D eigenvalue weighted by atomic mass is 10.1. The molecule has 2 heterocycles. The van der Waals surface area contributed by atoms with E-state index in [1.165, 1.54) is 10.4 Å². The zero-order valence-corrected chi connectivity index (χ0v) is 7.64. The zero-order valence-electron chi connectivity index (χ0n) is 6.82. The quantitative estimate of drug-likeness (QED) is 0.641. The lowest BCUT2D eigenvalue weighted by Crippen LogP contribution is -2.30. The second-order valence-corrected chi connectivity index (χ2v) is 4.02. The molecule has 1 aliphatic heterocycles. The van der Waals surface area contributed by atoms with E-state index in [-0.39, 0.29) is 0 Å². The van der Waals surface area contributed by atoms with Gasteiger partial charge in [0.05, 0.1) is 6.54 Å². The van der Waals surface area contributed by atoms with Crippen molar-refractivity contribution in [2.45, 2.75) is 13.0 Å². The number of carbonyl (C=O) groups excluding carboxylic acids is 1. The summed E-state index contributed by atoms with van der Waals surface area (Å²) in [5, 5.41) is 2.13. The van der Waals surface area contributed by atoms with Gasteiger partial charge in [0.15, 0.2) is 0 Å². The molecule has 1 aromatic rings. The summed E-state index contributed by atoms with van der Waals surface area (Å²) < 4.78 is 0. The third-order valence-corrected chi connectivity index (χ3v) is 3.24. The van der Waals surface area contributed by atoms with Gasteiger partial charge in [0, 0.05) is 18.0 Å². The van der Waals surface area contributed by atoms with E-state index in [0.717, 1.165) is 25.8 Å². The number of nitrogens with zero attached hydrogens (tertiary/aromatic N) is 1. The SMILES string of the molecule is O=CCN1CCc2sccc2C1. The number of fused-ring (bicyclic) bond motifs is 1. The van der Waals surface area contributed by atoms with Crippen LogP contribution in [0, 0.1) is 0 Å². The highest BCUT2D eigenvalue weighted by atomic mass is 32.1. The molecule has 0 fully saturated rings. The van der Waals surface area contributed by atoms with Crippen LogP contribution >= 0.6 is 11.3 Å². The third-order valence-electron chi connectivity index (χ3n) is 2.22. The van der Waals surface area contributed by atoms with Crippen molar-refractivity contribution in [2.75, 3.05) is 13.1 Å². The minimum atomic E-state index is 0.579. The van der Waals surface area contributed by atoms with Crippen molar-refractivity contribution in [1.29, 1.82) is 0 Å². The fourth-order valence-electron chi connectivity index (χ4n) is 1.57. The number of rotatable bonds is 2. The topological polar surface area (TPSA) is 20.3 Å². The lowest BCUT2D eigenvalue weighted by Gasteiger charge is -2.24. The fourth-order valence-corrected chi connectivity index (χ4v) is 2.46. The highest BCUT2D eigenvalue weighted by molar-refractivity contribution is 7.10. The van der Waals surface area contributed by atoms with Gasteiger partial charge in [-0.2, -0.15) is 0 Å². The number of thiophene rings is 1. The monoisotopic (exact) mass is 181 g/mol. The highest BCUT2D eigenvalue weighted by Crippen LogP contribution is 2.23. The van der Waals surface area contributed by atoms with E-state index in [9.17, 15) is 4.79 Å². The molecule has 0 saturated heterocycles. The van der Waals surface area contributed by atoms with Crippen molar-refractivity contribution in [2.24, 2.45) is 0 Å². The molecular weight excluding hydrogens is 170 g/mol. The second-order valence-electron chi connectivity index (χ2n) is 3.02. The van der Waals surface area contributed by atoms with Crippen molar-refractivity contribution in [3.8, 4) is 0 Å². The van der Waals surface area contributed by atoms with Crippen LogP contribution in [0.1, 0.15) is 10.4 Å². The molecule has 0 aliphatic carbocycles. The maximum atomic E-state index is 10.3. The number of aldehydes is 1. The first-order valence-electron chi connectivity index (χ1n) is 4.11. The van der Waals surface area contributed by atoms with Gasteiger partial charge in [-0.05, 0) is 23.4 Å². The molecule has 0 bridgehead atoms. The van der Waals surface area contributed by atoms with Crippen LogP contribution in [0.5, 0.6) is 0 Å². The maximum Gasteiger partial charge on any atom is 0.133 e. The van der Waals surface area contributed by atoms with Crippen LogP contribution in [-0.4, -0.2) is 24.3 Å². The van der Waals surface area contributed by atoms with Gasteiger partial charge < -0.3 is 4.79 Å². The van der Waals surface area contributed by atoms with Crippen LogP contribution in [0.2, 0.25) is 0 Å². The molecule has 0 N–H and O–H groups in total. The van der Waals surface area contributed by atoms with Crippen molar-refractivity contribution in [1.82, 2.24) is 4.90 Å². The first-order chi connectivity index (χ1) is 5.90. The van der Waals surface area contributed by atoms with Crippen LogP contribution in [-0.2, 0) is 17.8 Å². The smallest absolute Gasteiger partial charge is 0.133 e. The van der Waals surface area contributed by atoms with Crippen LogP contribution in [0.25, 0.3) is 0 Å². The molecule has 3 heteroatoms. The third kappa shape index (κ3) is 1.42. The van der Waals surface area contributed by atoms with Crippen LogP contribution < -0.4 is 0 Å². The first-order valence-corrected chi connectivity index (χ1v) is 4.99.